The molecule has 0 bridgehead atoms. The van der Waals surface area contributed by atoms with Gasteiger partial charge in [0.1, 0.15) is 36.5 Å². The fraction of sp³-hybridized carbons (Fsp3) is 0.723. The predicted molar refractivity (Wildman–Crippen MR) is 399 cm³/mol. The van der Waals surface area contributed by atoms with E-state index in [0.717, 1.165) is 193 Å². The first kappa shape index (κ1) is 95.6. The average molecular weight is 1360 g/mol. The van der Waals surface area contributed by atoms with Gasteiger partial charge in [-0.3, -0.25) is 28.8 Å². The van der Waals surface area contributed by atoms with Gasteiger partial charge in [0, 0.05) is 70.2 Å². The summed E-state index contributed by atoms with van der Waals surface area (Å²) in [6, 6.07) is 0. The van der Waals surface area contributed by atoms with Crippen LogP contribution in [-0.4, -0.2) is 89.9 Å². The lowest BCUT2D eigenvalue weighted by Crippen LogP contribution is -2.25. The van der Waals surface area contributed by atoms with Crippen molar-refractivity contribution in [1.82, 2.24) is 0 Å². The van der Waals surface area contributed by atoms with Crippen molar-refractivity contribution in [3.05, 3.63) is 90.8 Å². The van der Waals surface area contributed by atoms with Crippen LogP contribution in [0.1, 0.15) is 319 Å². The molecule has 0 aromatic rings. The van der Waals surface area contributed by atoms with Gasteiger partial charge in [0.2, 0.25) is 0 Å². The molecule has 3 N–H and O–H groups in total. The number of esters is 3. The number of aliphatic hydroxyl groups excluding tert-OH is 2. The lowest BCUT2D eigenvalue weighted by molar-refractivity contribution is -0.154. The van der Waals surface area contributed by atoms with Crippen LogP contribution >= 0.6 is 0 Å². The number of aliphatic hydroxyl groups is 2. The molecule has 556 valence electrons. The first-order valence-corrected chi connectivity index (χ1v) is 38.2. The largest absolute Gasteiger partial charge is 0.494 e. The van der Waals surface area contributed by atoms with Crippen LogP contribution in [0.2, 0.25) is 0 Å². The predicted octanol–water partition coefficient (Wildman–Crippen LogP) is 20.7. The summed E-state index contributed by atoms with van der Waals surface area (Å²) in [4.78, 5) is 94.0. The van der Waals surface area contributed by atoms with Crippen molar-refractivity contribution in [2.24, 2.45) is 41.4 Å². The highest BCUT2D eigenvalue weighted by Crippen LogP contribution is 2.31. The second-order valence-electron chi connectivity index (χ2n) is 25.8. The van der Waals surface area contributed by atoms with Gasteiger partial charge < -0.3 is 34.3 Å². The Morgan fingerprint density at radius 2 is 1.13 bits per heavy atom. The van der Waals surface area contributed by atoms with Crippen molar-refractivity contribution >= 4 is 47.7 Å². The Bertz CT molecular complexity index is 2230. The minimum absolute atomic E-state index is 0.0475. The van der Waals surface area contributed by atoms with Crippen molar-refractivity contribution in [2.45, 2.75) is 325 Å². The lowest BCUT2D eigenvalue weighted by atomic mass is 9.82. The van der Waals surface area contributed by atoms with Gasteiger partial charge in [-0.2, -0.15) is 0 Å². The van der Waals surface area contributed by atoms with Gasteiger partial charge in [0.05, 0.1) is 24.5 Å². The number of carbonyl (C=O) groups excluding carboxylic acids is 7. The number of carboxylic acids is 1. The van der Waals surface area contributed by atoms with Gasteiger partial charge >= 0.3 is 23.9 Å². The molecule has 1 aliphatic heterocycles. The molecule has 14 heteroatoms. The molecule has 97 heavy (non-hydrogen) atoms. The summed E-state index contributed by atoms with van der Waals surface area (Å²) < 4.78 is 16.7. The quantitative estimate of drug-likeness (QED) is 0.00753. The number of aliphatic carboxylic acids is 1. The van der Waals surface area contributed by atoms with Crippen LogP contribution in [0.4, 0.5) is 0 Å². The summed E-state index contributed by atoms with van der Waals surface area (Å²) in [7, 11) is 2.00. The zero-order valence-corrected chi connectivity index (χ0v) is 62.8. The number of rotatable bonds is 61. The maximum atomic E-state index is 12.6. The first-order chi connectivity index (χ1) is 47.2. The van der Waals surface area contributed by atoms with E-state index in [2.05, 4.69) is 82.4 Å². The second kappa shape index (κ2) is 71.7. The van der Waals surface area contributed by atoms with E-state index in [0.29, 0.717) is 38.1 Å². The Morgan fingerprint density at radius 3 is 1.71 bits per heavy atom. The molecule has 1 fully saturated rings. The molecule has 14 nitrogen and oxygen atoms in total. The molecule has 0 radical (unpaired) electrons. The SMILES string of the molecule is CC/C=C(/CCCCCCC/C=C\C/C=C\C=C\C(CC)C(CC(=O)O)C(=O)CCC)OCC(CC)OC(=O)CCCCCC/C=C/C(CCCCCCCC)C(C=C=O)CC=O.CCCCCC(/C=C/C=C\CCCCCCCC(=O)C(C)CC)C1CC(=O)OC1=O.CO.CO. The molecule has 1 aliphatic rings. The Balaban J connectivity index is -0.00000215. The summed E-state index contributed by atoms with van der Waals surface area (Å²) in [6.45, 7) is 17.0. The zero-order valence-electron chi connectivity index (χ0n) is 62.8. The summed E-state index contributed by atoms with van der Waals surface area (Å²) in [5.74, 6) is 1.13. The van der Waals surface area contributed by atoms with Gasteiger partial charge in [-0.25, -0.2) is 4.79 Å². The minimum atomic E-state index is -0.919. The number of hydrogen-bond donors (Lipinski definition) is 3. The molecule has 0 aromatic heterocycles. The number of hydrogen-bond acceptors (Lipinski definition) is 13. The van der Waals surface area contributed by atoms with Crippen molar-refractivity contribution in [3.8, 4) is 0 Å². The molecular formula is C83H140O14. The van der Waals surface area contributed by atoms with E-state index in [-0.39, 0.29) is 72.2 Å². The van der Waals surface area contributed by atoms with Gasteiger partial charge in [0.15, 0.2) is 0 Å². The molecule has 0 spiro atoms. The maximum Gasteiger partial charge on any atom is 0.317 e. The van der Waals surface area contributed by atoms with E-state index in [1.54, 1.807) is 0 Å². The van der Waals surface area contributed by atoms with E-state index in [4.69, 9.17) is 24.4 Å². The van der Waals surface area contributed by atoms with Gasteiger partial charge in [-0.1, -0.05) is 237 Å². The van der Waals surface area contributed by atoms with Crippen molar-refractivity contribution in [2.75, 3.05) is 20.8 Å². The zero-order chi connectivity index (χ0) is 72.8. The van der Waals surface area contributed by atoms with Crippen molar-refractivity contribution in [1.29, 1.82) is 0 Å². The fourth-order valence-electron chi connectivity index (χ4n) is 11.7. The smallest absolute Gasteiger partial charge is 0.317 e. The van der Waals surface area contributed by atoms with Crippen LogP contribution in [-0.2, 0) is 52.6 Å². The number of unbranched alkanes of at least 4 members (excludes halogenated alkanes) is 21. The second-order valence-corrected chi connectivity index (χ2v) is 25.8. The van der Waals surface area contributed by atoms with E-state index < -0.39 is 17.9 Å². The molecule has 1 saturated heterocycles. The van der Waals surface area contributed by atoms with E-state index in [9.17, 15) is 43.5 Å². The van der Waals surface area contributed by atoms with E-state index >= 15 is 0 Å². The Labute approximate surface area is 590 Å². The Kier molecular flexibility index (Phi) is 70.7. The third-order valence-electron chi connectivity index (χ3n) is 17.9. The normalized spacial score (nSPS) is 15.4. The standard InChI is InChI=1S/C55H90O8.C26H42O4.2CH4O/c1-6-11-12-13-24-30-37-48(49(41-43-56)42-44-57)38-31-26-22-23-28-33-40-55(61)63-50(10-5)46-62-51(34-7-2)39-32-27-21-19-17-15-14-16-18-20-25-29-36-47(9-4)52(45-54(59)60)53(58)35-8-3;1-4-6-14-17-22(23-20-25(28)30-26(23)29)18-15-12-10-8-7-9-11-13-16-19-24(27)21(3)5-2;2*1-2/h14,16,20,25,29,31,34,36,38,41,44,47-50,52H,6-13,15,17-19,21-24,26-28,30,32-33,35,37,39-40,42,45-46H2,1-5H3,(H,59,60);10,12,15,18,21-23H,4-9,11,13-14,16-17,19-20H2,1-3H3;2*2H,1H3/b16-14-,25-20-,36-29+,38-31+,51-34-;12-10-,18-15+;;. The number of ether oxygens (including phenoxy) is 3. The number of aldehydes is 1. The van der Waals surface area contributed by atoms with Crippen molar-refractivity contribution in [3.63, 3.8) is 0 Å². The third-order valence-corrected chi connectivity index (χ3v) is 17.9. The Hall–Kier alpha value is -5.56. The maximum absolute atomic E-state index is 12.6. The van der Waals surface area contributed by atoms with Crippen molar-refractivity contribution < 1.29 is 67.9 Å². The molecule has 0 aliphatic carbocycles. The molecule has 1 heterocycles. The van der Waals surface area contributed by atoms with Crippen LogP contribution in [0.25, 0.3) is 0 Å². The number of ketones is 2. The number of carbonyl (C=O) groups is 7. The molecule has 0 aromatic carbocycles. The topological polar surface area (TPSA) is 225 Å². The molecule has 1 rings (SSSR count). The van der Waals surface area contributed by atoms with Gasteiger partial charge in [0.25, 0.3) is 0 Å². The lowest BCUT2D eigenvalue weighted by Gasteiger charge is -2.20. The van der Waals surface area contributed by atoms with Crippen LogP contribution < -0.4 is 0 Å². The highest BCUT2D eigenvalue weighted by atomic mass is 16.6. The average Bonchev–Trinajstić information content (AvgIpc) is 1.77. The third kappa shape index (κ3) is 56.0. The number of cyclic esters (lactones) is 2. The van der Waals surface area contributed by atoms with Crippen LogP contribution in [0.5, 0.6) is 0 Å². The highest BCUT2D eigenvalue weighted by molar-refractivity contribution is 5.95. The molecule has 0 saturated carbocycles. The molecule has 0 amide bonds. The summed E-state index contributed by atoms with van der Waals surface area (Å²) in [5.41, 5.74) is 0. The summed E-state index contributed by atoms with van der Waals surface area (Å²) >= 11 is 0. The van der Waals surface area contributed by atoms with Crippen LogP contribution in [0.15, 0.2) is 90.8 Å². The molecule has 8 atom stereocenters. The summed E-state index contributed by atoms with van der Waals surface area (Å²) in [6.07, 6.45) is 68.3. The molecular weight excluding hydrogens is 1220 g/mol. The fourth-order valence-corrected chi connectivity index (χ4v) is 11.7. The van der Waals surface area contributed by atoms with Crippen LogP contribution in [0.3, 0.4) is 0 Å². The first-order valence-electron chi connectivity index (χ1n) is 38.2. The molecule has 8 unspecified atom stereocenters. The van der Waals surface area contributed by atoms with Gasteiger partial charge in [-0.15, -0.1) is 0 Å². The number of allylic oxidation sites excluding steroid dienone is 15. The van der Waals surface area contributed by atoms with E-state index in [1.807, 2.05) is 57.9 Å². The summed E-state index contributed by atoms with van der Waals surface area (Å²) in [5, 5.41) is 23.3. The minimum Gasteiger partial charge on any atom is -0.494 e. The van der Waals surface area contributed by atoms with Crippen LogP contribution in [0, 0.1) is 41.4 Å². The van der Waals surface area contributed by atoms with E-state index in [1.165, 1.54) is 63.9 Å². The number of Topliss-reactive ketones (excluding diaryl/α,β-unsaturated/α-hetero) is 2. The monoisotopic (exact) mass is 1360 g/mol. The number of carboxylic acid groups (broad SMARTS) is 1. The highest BCUT2D eigenvalue weighted by Gasteiger charge is 2.38. The van der Waals surface area contributed by atoms with Gasteiger partial charge in [-0.05, 0) is 133 Å². The Morgan fingerprint density at radius 1 is 0.567 bits per heavy atom.